The van der Waals surface area contributed by atoms with Crippen molar-refractivity contribution in [3.8, 4) is 0 Å². The van der Waals surface area contributed by atoms with Gasteiger partial charge in [0.2, 0.25) is 0 Å². The van der Waals surface area contributed by atoms with Gasteiger partial charge in [-0.15, -0.1) is 0 Å². The first-order chi connectivity index (χ1) is 6.72. The van der Waals surface area contributed by atoms with E-state index in [1.165, 1.54) is 10.9 Å². The topological polar surface area (TPSA) is 17.8 Å². The molecule has 0 radical (unpaired) electrons. The third-order valence-corrected chi connectivity index (χ3v) is 2.31. The van der Waals surface area contributed by atoms with Crippen LogP contribution in [0.15, 0.2) is 42.6 Å². The predicted octanol–water partition coefficient (Wildman–Crippen LogP) is 3.41. The van der Waals surface area contributed by atoms with Crippen molar-refractivity contribution in [2.75, 3.05) is 0 Å². The third-order valence-electron chi connectivity index (χ3n) is 1.49. The summed E-state index contributed by atoms with van der Waals surface area (Å²) >= 11 is 11.1. The standard InChI is InChI=1S/C6H6.C4H4Cl2N2/c1-2-4-6-5-3-1;1-8-4(6)3(5)2-7-8/h1-6H;2H,1H3. The molecule has 0 amide bonds. The molecule has 1 aromatic carbocycles. The zero-order valence-electron chi connectivity index (χ0n) is 7.69. The Kier molecular flexibility index (Phi) is 4.50. The van der Waals surface area contributed by atoms with Crippen LogP contribution < -0.4 is 0 Å². The summed E-state index contributed by atoms with van der Waals surface area (Å²) < 4.78 is 1.50. The highest BCUT2D eigenvalue weighted by Gasteiger charge is 1.99. The lowest BCUT2D eigenvalue weighted by Gasteiger charge is -1.86. The fraction of sp³-hybridized carbons (Fsp3) is 0.100. The van der Waals surface area contributed by atoms with E-state index in [9.17, 15) is 0 Å². The summed E-state index contributed by atoms with van der Waals surface area (Å²) in [5.74, 6) is 0. The van der Waals surface area contributed by atoms with Crippen molar-refractivity contribution in [3.05, 3.63) is 52.8 Å². The highest BCUT2D eigenvalue weighted by atomic mass is 35.5. The molecule has 2 nitrogen and oxygen atoms in total. The Morgan fingerprint density at radius 2 is 1.43 bits per heavy atom. The van der Waals surface area contributed by atoms with Crippen LogP contribution in [0.4, 0.5) is 0 Å². The summed E-state index contributed by atoms with van der Waals surface area (Å²) in [6, 6.07) is 12.0. The second-order valence-corrected chi connectivity index (χ2v) is 3.33. The van der Waals surface area contributed by atoms with E-state index in [-0.39, 0.29) is 0 Å². The van der Waals surface area contributed by atoms with E-state index < -0.39 is 0 Å². The van der Waals surface area contributed by atoms with Crippen LogP contribution in [-0.4, -0.2) is 9.78 Å². The SMILES string of the molecule is Cn1ncc(Cl)c1Cl.c1ccccc1. The first-order valence-electron chi connectivity index (χ1n) is 4.05. The summed E-state index contributed by atoms with van der Waals surface area (Å²) in [7, 11) is 1.73. The van der Waals surface area contributed by atoms with Gasteiger partial charge in [-0.25, -0.2) is 0 Å². The average Bonchev–Trinajstić information content (AvgIpc) is 2.53. The minimum atomic E-state index is 0.478. The van der Waals surface area contributed by atoms with Gasteiger partial charge in [-0.3, -0.25) is 4.68 Å². The molecule has 0 N–H and O–H groups in total. The summed E-state index contributed by atoms with van der Waals surface area (Å²) in [6.45, 7) is 0. The van der Waals surface area contributed by atoms with Gasteiger partial charge in [0.25, 0.3) is 0 Å². The van der Waals surface area contributed by atoms with Crippen LogP contribution in [0.2, 0.25) is 10.2 Å². The summed E-state index contributed by atoms with van der Waals surface area (Å²) in [6.07, 6.45) is 1.50. The average molecular weight is 229 g/mol. The molecule has 2 rings (SSSR count). The van der Waals surface area contributed by atoms with E-state index >= 15 is 0 Å². The molecule has 2 aromatic rings. The molecule has 4 heteroatoms. The molecular formula is C10H10Cl2N2. The van der Waals surface area contributed by atoms with Crippen LogP contribution in [0, 0.1) is 0 Å². The van der Waals surface area contributed by atoms with E-state index in [0.717, 1.165) is 0 Å². The Morgan fingerprint density at radius 1 is 1.00 bits per heavy atom. The van der Waals surface area contributed by atoms with Crippen LogP contribution in [-0.2, 0) is 7.05 Å². The number of benzene rings is 1. The van der Waals surface area contributed by atoms with Crippen LogP contribution >= 0.6 is 23.2 Å². The molecule has 0 fully saturated rings. The minimum absolute atomic E-state index is 0.478. The highest BCUT2D eigenvalue weighted by Crippen LogP contribution is 2.18. The minimum Gasteiger partial charge on any atom is -0.256 e. The largest absolute Gasteiger partial charge is 0.256 e. The Morgan fingerprint density at radius 3 is 1.57 bits per heavy atom. The summed E-state index contributed by atoms with van der Waals surface area (Å²) in [4.78, 5) is 0. The Hall–Kier alpha value is -0.990. The molecular weight excluding hydrogens is 219 g/mol. The smallest absolute Gasteiger partial charge is 0.145 e. The van der Waals surface area contributed by atoms with Crippen molar-refractivity contribution in [2.24, 2.45) is 7.05 Å². The maximum atomic E-state index is 5.56. The van der Waals surface area contributed by atoms with Gasteiger partial charge in [-0.2, -0.15) is 5.10 Å². The summed E-state index contributed by atoms with van der Waals surface area (Å²) in [5.41, 5.74) is 0. The molecule has 0 unspecified atom stereocenters. The number of nitrogens with zero attached hydrogens (tertiary/aromatic N) is 2. The number of aryl methyl sites for hydroxylation is 1. The predicted molar refractivity (Wildman–Crippen MR) is 59.7 cm³/mol. The quantitative estimate of drug-likeness (QED) is 0.676. The zero-order chi connectivity index (χ0) is 10.4. The molecule has 74 valence electrons. The van der Waals surface area contributed by atoms with Crippen LogP contribution in [0.3, 0.4) is 0 Å². The van der Waals surface area contributed by atoms with Gasteiger partial charge in [0.05, 0.1) is 11.2 Å². The van der Waals surface area contributed by atoms with E-state index in [1.807, 2.05) is 36.4 Å². The second kappa shape index (κ2) is 5.68. The maximum Gasteiger partial charge on any atom is 0.145 e. The van der Waals surface area contributed by atoms with E-state index in [2.05, 4.69) is 5.10 Å². The lowest BCUT2D eigenvalue weighted by molar-refractivity contribution is 0.769. The molecule has 0 aliphatic heterocycles. The van der Waals surface area contributed by atoms with Crippen molar-refractivity contribution in [1.29, 1.82) is 0 Å². The van der Waals surface area contributed by atoms with Crippen molar-refractivity contribution < 1.29 is 0 Å². The molecule has 0 bridgehead atoms. The summed E-state index contributed by atoms with van der Waals surface area (Å²) in [5, 5.41) is 4.74. The zero-order valence-corrected chi connectivity index (χ0v) is 9.20. The maximum absolute atomic E-state index is 5.56. The molecule has 1 aromatic heterocycles. The van der Waals surface area contributed by atoms with Crippen molar-refractivity contribution in [2.45, 2.75) is 0 Å². The highest BCUT2D eigenvalue weighted by molar-refractivity contribution is 6.41. The van der Waals surface area contributed by atoms with Gasteiger partial charge in [0.1, 0.15) is 5.15 Å². The molecule has 0 aliphatic carbocycles. The van der Waals surface area contributed by atoms with Gasteiger partial charge in [-0.05, 0) is 0 Å². The van der Waals surface area contributed by atoms with Crippen molar-refractivity contribution in [3.63, 3.8) is 0 Å². The first-order valence-corrected chi connectivity index (χ1v) is 4.80. The number of hydrogen-bond acceptors (Lipinski definition) is 1. The fourth-order valence-corrected chi connectivity index (χ4v) is 1.04. The number of hydrogen-bond donors (Lipinski definition) is 0. The molecule has 1 heterocycles. The third kappa shape index (κ3) is 3.40. The van der Waals surface area contributed by atoms with E-state index in [1.54, 1.807) is 7.05 Å². The van der Waals surface area contributed by atoms with Crippen LogP contribution in [0.25, 0.3) is 0 Å². The van der Waals surface area contributed by atoms with Crippen LogP contribution in [0.5, 0.6) is 0 Å². The Bertz CT molecular complexity index is 325. The Balaban J connectivity index is 0.000000146. The van der Waals surface area contributed by atoms with Gasteiger partial charge in [0.15, 0.2) is 0 Å². The number of rotatable bonds is 0. The monoisotopic (exact) mass is 228 g/mol. The molecule has 0 spiro atoms. The molecule has 14 heavy (non-hydrogen) atoms. The van der Waals surface area contributed by atoms with Gasteiger partial charge >= 0.3 is 0 Å². The lowest BCUT2D eigenvalue weighted by Crippen LogP contribution is -1.87. The Labute approximate surface area is 93.1 Å². The first kappa shape index (κ1) is 11.1. The van der Waals surface area contributed by atoms with E-state index in [0.29, 0.717) is 10.2 Å². The van der Waals surface area contributed by atoms with Gasteiger partial charge in [-0.1, -0.05) is 59.6 Å². The molecule has 0 atom stereocenters. The molecule has 0 saturated carbocycles. The van der Waals surface area contributed by atoms with Crippen molar-refractivity contribution >= 4 is 23.2 Å². The normalized spacial score (nSPS) is 9.07. The molecule has 0 saturated heterocycles. The van der Waals surface area contributed by atoms with Gasteiger partial charge in [0, 0.05) is 7.05 Å². The number of halogens is 2. The van der Waals surface area contributed by atoms with Crippen molar-refractivity contribution in [1.82, 2.24) is 9.78 Å². The lowest BCUT2D eigenvalue weighted by atomic mass is 10.4. The second-order valence-electron chi connectivity index (χ2n) is 2.56. The van der Waals surface area contributed by atoms with E-state index in [4.69, 9.17) is 23.2 Å². The number of aromatic nitrogens is 2. The van der Waals surface area contributed by atoms with Crippen LogP contribution in [0.1, 0.15) is 0 Å². The van der Waals surface area contributed by atoms with Gasteiger partial charge < -0.3 is 0 Å². The molecule has 0 aliphatic rings. The fourth-order valence-electron chi connectivity index (χ4n) is 0.781.